The highest BCUT2D eigenvalue weighted by Crippen LogP contribution is 2.62. The fourth-order valence-electron chi connectivity index (χ4n) is 4.96. The Morgan fingerprint density at radius 1 is 1.00 bits per heavy atom. The van der Waals surface area contributed by atoms with E-state index in [1.807, 2.05) is 0 Å². The van der Waals surface area contributed by atoms with Crippen LogP contribution >= 0.6 is 0 Å². The van der Waals surface area contributed by atoms with Gasteiger partial charge in [-0.15, -0.1) is 0 Å². The van der Waals surface area contributed by atoms with Gasteiger partial charge in [0.05, 0.1) is 0 Å². The minimum atomic E-state index is -0.257. The molecule has 0 aromatic rings. The van der Waals surface area contributed by atoms with E-state index in [1.54, 1.807) is 5.57 Å². The van der Waals surface area contributed by atoms with Crippen LogP contribution in [0.15, 0.2) is 23.3 Å². The second kappa shape index (κ2) is 3.84. The fourth-order valence-corrected chi connectivity index (χ4v) is 4.96. The third-order valence-corrected chi connectivity index (χ3v) is 6.10. The lowest BCUT2D eigenvalue weighted by molar-refractivity contribution is -0.128. The van der Waals surface area contributed by atoms with Crippen LogP contribution in [-0.2, 0) is 4.79 Å². The minimum Gasteiger partial charge on any atom is -0.299 e. The number of fused-ring (bicyclic) bond motifs is 3. The largest absolute Gasteiger partial charge is 0.299 e. The summed E-state index contributed by atoms with van der Waals surface area (Å²) in [6, 6.07) is 0. The molecule has 1 unspecified atom stereocenters. The van der Waals surface area contributed by atoms with Gasteiger partial charge in [-0.1, -0.05) is 37.1 Å². The van der Waals surface area contributed by atoms with Crippen molar-refractivity contribution < 1.29 is 4.79 Å². The maximum absolute atomic E-state index is 12.3. The molecule has 0 saturated heterocycles. The molecule has 1 heteroatoms. The maximum Gasteiger partial charge on any atom is 0.142 e. The molecule has 19 heavy (non-hydrogen) atoms. The molecule has 1 saturated carbocycles. The number of carbonyl (C=O) groups is 1. The highest BCUT2D eigenvalue weighted by Gasteiger charge is 2.53. The van der Waals surface area contributed by atoms with Crippen LogP contribution < -0.4 is 0 Å². The van der Waals surface area contributed by atoms with E-state index < -0.39 is 0 Å². The van der Waals surface area contributed by atoms with Gasteiger partial charge >= 0.3 is 0 Å². The molecule has 0 aromatic heterocycles. The minimum absolute atomic E-state index is 0.144. The fraction of sp³-hybridized carbons (Fsp3) is 0.722. The van der Waals surface area contributed by atoms with Crippen molar-refractivity contribution in [3.05, 3.63) is 23.3 Å². The zero-order valence-electron chi connectivity index (χ0n) is 12.8. The van der Waals surface area contributed by atoms with Crippen molar-refractivity contribution in [2.24, 2.45) is 16.2 Å². The van der Waals surface area contributed by atoms with E-state index in [0.29, 0.717) is 11.2 Å². The molecule has 0 N–H and O–H groups in total. The Bertz CT molecular complexity index is 494. The summed E-state index contributed by atoms with van der Waals surface area (Å²) in [6.07, 6.45) is 11.7. The van der Waals surface area contributed by atoms with E-state index >= 15 is 0 Å². The van der Waals surface area contributed by atoms with Gasteiger partial charge in [0.2, 0.25) is 0 Å². The monoisotopic (exact) mass is 258 g/mol. The van der Waals surface area contributed by atoms with Gasteiger partial charge in [0.1, 0.15) is 5.78 Å². The van der Waals surface area contributed by atoms with Crippen molar-refractivity contribution in [2.45, 2.75) is 66.2 Å². The van der Waals surface area contributed by atoms with Crippen LogP contribution in [0.1, 0.15) is 66.2 Å². The number of hydrogen-bond donors (Lipinski definition) is 0. The Morgan fingerprint density at radius 2 is 1.74 bits per heavy atom. The van der Waals surface area contributed by atoms with Crippen LogP contribution in [0.4, 0.5) is 0 Å². The van der Waals surface area contributed by atoms with Gasteiger partial charge in [-0.3, -0.25) is 4.79 Å². The molecule has 1 nitrogen and oxygen atoms in total. The second-order valence-electron chi connectivity index (χ2n) is 7.77. The Kier molecular flexibility index (Phi) is 2.65. The lowest BCUT2D eigenvalue weighted by atomic mass is 9.48. The highest BCUT2D eigenvalue weighted by atomic mass is 16.1. The molecule has 3 rings (SSSR count). The molecule has 0 aliphatic heterocycles. The molecule has 0 amide bonds. The van der Waals surface area contributed by atoms with Crippen molar-refractivity contribution >= 4 is 5.78 Å². The van der Waals surface area contributed by atoms with Gasteiger partial charge in [0.25, 0.3) is 0 Å². The van der Waals surface area contributed by atoms with Crippen molar-refractivity contribution in [3.63, 3.8) is 0 Å². The van der Waals surface area contributed by atoms with Crippen LogP contribution in [0, 0.1) is 16.2 Å². The van der Waals surface area contributed by atoms with Gasteiger partial charge in [0.15, 0.2) is 0 Å². The first-order valence-corrected chi connectivity index (χ1v) is 7.76. The number of ketones is 1. The Morgan fingerprint density at radius 3 is 2.47 bits per heavy atom. The summed E-state index contributed by atoms with van der Waals surface area (Å²) in [5, 5.41) is 0. The molecule has 0 spiro atoms. The van der Waals surface area contributed by atoms with Crippen molar-refractivity contribution in [1.29, 1.82) is 0 Å². The smallest absolute Gasteiger partial charge is 0.142 e. The van der Waals surface area contributed by atoms with Gasteiger partial charge in [-0.2, -0.15) is 0 Å². The molecular weight excluding hydrogens is 232 g/mol. The predicted octanol–water partition coefficient (Wildman–Crippen LogP) is 4.83. The highest BCUT2D eigenvalue weighted by molar-refractivity contribution is 5.89. The summed E-state index contributed by atoms with van der Waals surface area (Å²) in [5.41, 5.74) is 3.29. The third-order valence-electron chi connectivity index (χ3n) is 6.10. The summed E-state index contributed by atoms with van der Waals surface area (Å²) in [6.45, 7) is 9.08. The van der Waals surface area contributed by atoms with Crippen LogP contribution in [0.2, 0.25) is 0 Å². The molecule has 3 aliphatic rings. The standard InChI is InChI=1S/C18H26O/c1-16(2)13-8-11-17(3)10-6-5-7-14(17)18(13,4)12-9-15(16)19/h7-8H,5-6,9-12H2,1-4H3/t17?,18-/m0/s1. The van der Waals surface area contributed by atoms with E-state index in [9.17, 15) is 4.79 Å². The molecule has 104 valence electrons. The summed E-state index contributed by atoms with van der Waals surface area (Å²) < 4.78 is 0. The summed E-state index contributed by atoms with van der Waals surface area (Å²) in [4.78, 5) is 12.3. The molecule has 0 aromatic carbocycles. The van der Waals surface area contributed by atoms with Gasteiger partial charge in [-0.05, 0) is 51.4 Å². The van der Waals surface area contributed by atoms with E-state index in [0.717, 1.165) is 19.3 Å². The van der Waals surface area contributed by atoms with Gasteiger partial charge in [0, 0.05) is 17.3 Å². The quantitative estimate of drug-likeness (QED) is 0.569. The first-order chi connectivity index (χ1) is 8.81. The maximum atomic E-state index is 12.3. The van der Waals surface area contributed by atoms with Crippen molar-refractivity contribution in [1.82, 2.24) is 0 Å². The van der Waals surface area contributed by atoms with E-state index in [2.05, 4.69) is 39.8 Å². The molecular formula is C18H26O. The van der Waals surface area contributed by atoms with E-state index in [1.165, 1.54) is 24.8 Å². The molecule has 0 radical (unpaired) electrons. The molecule has 0 bridgehead atoms. The molecule has 3 aliphatic carbocycles. The van der Waals surface area contributed by atoms with Gasteiger partial charge in [-0.25, -0.2) is 0 Å². The molecule has 1 fully saturated rings. The second-order valence-corrected chi connectivity index (χ2v) is 7.77. The van der Waals surface area contributed by atoms with Crippen LogP contribution in [-0.4, -0.2) is 5.78 Å². The zero-order valence-corrected chi connectivity index (χ0v) is 12.8. The SMILES string of the molecule is CC12CC=C3C(C)(C)C(=O)CC[C@]3(C)C1=CCCC2. The zero-order chi connectivity index (χ0) is 13.9. The topological polar surface area (TPSA) is 17.1 Å². The number of Topliss-reactive ketones (excluding diaryl/α,β-unsaturated/α-hetero) is 1. The first kappa shape index (κ1) is 13.1. The summed E-state index contributed by atoms with van der Waals surface area (Å²) >= 11 is 0. The summed E-state index contributed by atoms with van der Waals surface area (Å²) in [5.74, 6) is 0.427. The lowest BCUT2D eigenvalue weighted by Crippen LogP contribution is -2.47. The Balaban J connectivity index is 2.15. The van der Waals surface area contributed by atoms with Crippen molar-refractivity contribution in [2.75, 3.05) is 0 Å². The third kappa shape index (κ3) is 1.63. The Labute approximate surface area is 117 Å². The lowest BCUT2D eigenvalue weighted by Gasteiger charge is -2.55. The number of carbonyl (C=O) groups excluding carboxylic acids is 1. The Hall–Kier alpha value is -0.850. The van der Waals surface area contributed by atoms with E-state index in [4.69, 9.17) is 0 Å². The summed E-state index contributed by atoms with van der Waals surface area (Å²) in [7, 11) is 0. The average molecular weight is 258 g/mol. The van der Waals surface area contributed by atoms with Crippen LogP contribution in [0.3, 0.4) is 0 Å². The number of hydrogen-bond acceptors (Lipinski definition) is 1. The van der Waals surface area contributed by atoms with E-state index in [-0.39, 0.29) is 10.8 Å². The van der Waals surface area contributed by atoms with Crippen molar-refractivity contribution in [3.8, 4) is 0 Å². The van der Waals surface area contributed by atoms with Gasteiger partial charge < -0.3 is 0 Å². The first-order valence-electron chi connectivity index (χ1n) is 7.76. The predicted molar refractivity (Wildman–Crippen MR) is 78.9 cm³/mol. The number of rotatable bonds is 0. The average Bonchev–Trinajstić information content (AvgIpc) is 2.34. The normalized spacial score (nSPS) is 40.9. The molecule has 0 heterocycles. The van der Waals surface area contributed by atoms with Crippen LogP contribution in [0.5, 0.6) is 0 Å². The molecule has 2 atom stereocenters. The number of allylic oxidation sites excluding steroid dienone is 4. The van der Waals surface area contributed by atoms with Crippen LogP contribution in [0.25, 0.3) is 0 Å².